The van der Waals surface area contributed by atoms with Crippen LogP contribution in [0.25, 0.3) is 0 Å². The van der Waals surface area contributed by atoms with Gasteiger partial charge in [-0.05, 0) is 80.4 Å². The first kappa shape index (κ1) is 15.6. The summed E-state index contributed by atoms with van der Waals surface area (Å²) < 4.78 is 0. The van der Waals surface area contributed by atoms with E-state index in [9.17, 15) is 0 Å². The zero-order valence-electron chi connectivity index (χ0n) is 14.0. The molecule has 0 unspecified atom stereocenters. The van der Waals surface area contributed by atoms with Crippen molar-refractivity contribution < 1.29 is 0 Å². The van der Waals surface area contributed by atoms with Crippen molar-refractivity contribution >= 4 is 11.3 Å². The molecule has 2 aliphatic carbocycles. The summed E-state index contributed by atoms with van der Waals surface area (Å²) in [6, 6.07) is 2.45. The van der Waals surface area contributed by atoms with Crippen LogP contribution in [-0.2, 0) is 19.4 Å². The summed E-state index contributed by atoms with van der Waals surface area (Å²) in [4.78, 5) is 3.22. The molecule has 1 aromatic rings. The van der Waals surface area contributed by atoms with Crippen LogP contribution in [0, 0.1) is 17.3 Å². The normalized spacial score (nSPS) is 26.0. The van der Waals surface area contributed by atoms with E-state index in [2.05, 4.69) is 32.2 Å². The lowest BCUT2D eigenvalue weighted by Gasteiger charge is -2.37. The minimum absolute atomic E-state index is 0.510. The lowest BCUT2D eigenvalue weighted by Crippen LogP contribution is -2.30. The van der Waals surface area contributed by atoms with Crippen molar-refractivity contribution in [1.29, 1.82) is 0 Å². The maximum absolute atomic E-state index is 3.72. The van der Waals surface area contributed by atoms with E-state index in [0.29, 0.717) is 5.41 Å². The fourth-order valence-corrected chi connectivity index (χ4v) is 5.34. The Hall–Kier alpha value is -0.340. The predicted octanol–water partition coefficient (Wildman–Crippen LogP) is 5.18. The van der Waals surface area contributed by atoms with E-state index in [1.807, 2.05) is 11.3 Å². The third kappa shape index (κ3) is 3.90. The van der Waals surface area contributed by atoms with Crippen LogP contribution < -0.4 is 5.32 Å². The fraction of sp³-hybridized carbons (Fsp3) is 0.789. The van der Waals surface area contributed by atoms with E-state index in [-0.39, 0.29) is 0 Å². The molecule has 118 valence electrons. The number of hydrogen-bond donors (Lipinski definition) is 1. The van der Waals surface area contributed by atoms with Gasteiger partial charge in [0.05, 0.1) is 0 Å². The van der Waals surface area contributed by atoms with Gasteiger partial charge in [-0.15, -0.1) is 11.3 Å². The number of hydrogen-bond acceptors (Lipinski definition) is 2. The van der Waals surface area contributed by atoms with Crippen LogP contribution in [0.2, 0.25) is 0 Å². The number of aryl methyl sites for hydroxylation is 2. The fourth-order valence-electron chi connectivity index (χ4n) is 4.11. The van der Waals surface area contributed by atoms with Crippen molar-refractivity contribution in [3.63, 3.8) is 0 Å². The molecular formula is C19H31NS. The van der Waals surface area contributed by atoms with Gasteiger partial charge in [0.25, 0.3) is 0 Å². The Morgan fingerprint density at radius 2 is 1.90 bits per heavy atom. The molecule has 1 aromatic heterocycles. The quantitative estimate of drug-likeness (QED) is 0.808. The van der Waals surface area contributed by atoms with E-state index in [4.69, 9.17) is 0 Å². The van der Waals surface area contributed by atoms with Crippen LogP contribution in [0.1, 0.15) is 68.2 Å². The van der Waals surface area contributed by atoms with Crippen molar-refractivity contribution in [2.24, 2.45) is 17.3 Å². The van der Waals surface area contributed by atoms with Gasteiger partial charge >= 0.3 is 0 Å². The van der Waals surface area contributed by atoms with Crippen LogP contribution in [0.5, 0.6) is 0 Å². The maximum atomic E-state index is 3.72. The van der Waals surface area contributed by atoms with Crippen molar-refractivity contribution in [2.75, 3.05) is 6.54 Å². The SMILES string of the molecule is CC(C)(C)C1CCC(CNCc2cc3c(s2)CCC3)CC1. The van der Waals surface area contributed by atoms with Crippen molar-refractivity contribution in [3.8, 4) is 0 Å². The first-order chi connectivity index (χ1) is 10.0. The molecule has 1 nitrogen and oxygen atoms in total. The minimum Gasteiger partial charge on any atom is -0.312 e. The van der Waals surface area contributed by atoms with E-state index >= 15 is 0 Å². The number of fused-ring (bicyclic) bond motifs is 1. The zero-order chi connectivity index (χ0) is 14.9. The molecule has 0 bridgehead atoms. The van der Waals surface area contributed by atoms with Gasteiger partial charge < -0.3 is 5.32 Å². The van der Waals surface area contributed by atoms with Gasteiger partial charge in [-0.25, -0.2) is 0 Å². The molecule has 0 amide bonds. The minimum atomic E-state index is 0.510. The lowest BCUT2D eigenvalue weighted by atomic mass is 9.70. The molecule has 1 saturated carbocycles. The molecule has 2 heteroatoms. The first-order valence-corrected chi connectivity index (χ1v) is 9.65. The Balaban J connectivity index is 1.38. The van der Waals surface area contributed by atoms with Gasteiger partial charge in [0.2, 0.25) is 0 Å². The summed E-state index contributed by atoms with van der Waals surface area (Å²) in [5.41, 5.74) is 2.15. The molecule has 0 saturated heterocycles. The molecular weight excluding hydrogens is 274 g/mol. The van der Waals surface area contributed by atoms with Gasteiger partial charge in [0, 0.05) is 16.3 Å². The second-order valence-electron chi connectivity index (χ2n) is 8.23. The summed E-state index contributed by atoms with van der Waals surface area (Å²) in [5, 5.41) is 3.72. The summed E-state index contributed by atoms with van der Waals surface area (Å²) in [5.74, 6) is 1.85. The van der Waals surface area contributed by atoms with Gasteiger partial charge in [-0.1, -0.05) is 20.8 Å². The van der Waals surface area contributed by atoms with Gasteiger partial charge in [0.1, 0.15) is 0 Å². The summed E-state index contributed by atoms with van der Waals surface area (Å²) in [6.07, 6.45) is 9.75. The molecule has 0 radical (unpaired) electrons. The second-order valence-corrected chi connectivity index (χ2v) is 9.45. The third-order valence-electron chi connectivity index (χ3n) is 5.60. The van der Waals surface area contributed by atoms with Crippen molar-refractivity contribution in [2.45, 2.75) is 72.3 Å². The van der Waals surface area contributed by atoms with Crippen LogP contribution in [0.4, 0.5) is 0 Å². The standard InChI is InChI=1S/C19H31NS/c1-19(2,3)16-9-7-14(8-10-16)12-20-13-17-11-15-5-4-6-18(15)21-17/h11,14,16,20H,4-10,12-13H2,1-3H3. The molecule has 1 N–H and O–H groups in total. The smallest absolute Gasteiger partial charge is 0.0300 e. The summed E-state index contributed by atoms with van der Waals surface area (Å²) >= 11 is 2.05. The van der Waals surface area contributed by atoms with Crippen LogP contribution >= 0.6 is 11.3 Å². The Labute approximate surface area is 134 Å². The van der Waals surface area contributed by atoms with Crippen LogP contribution in [0.15, 0.2) is 6.07 Å². The Kier molecular flexibility index (Phi) is 4.75. The second kappa shape index (κ2) is 6.42. The average Bonchev–Trinajstić information content (AvgIpc) is 2.99. The molecule has 1 heterocycles. The number of nitrogens with one attached hydrogen (secondary N) is 1. The first-order valence-electron chi connectivity index (χ1n) is 8.83. The highest BCUT2D eigenvalue weighted by Gasteiger charge is 2.29. The largest absolute Gasteiger partial charge is 0.312 e. The van der Waals surface area contributed by atoms with E-state index in [1.54, 1.807) is 15.3 Å². The molecule has 0 aliphatic heterocycles. The lowest BCUT2D eigenvalue weighted by molar-refractivity contribution is 0.149. The molecule has 1 fully saturated rings. The van der Waals surface area contributed by atoms with Gasteiger partial charge in [-0.3, -0.25) is 0 Å². The highest BCUT2D eigenvalue weighted by Crippen LogP contribution is 2.39. The molecule has 2 aliphatic rings. The molecule has 0 atom stereocenters. The van der Waals surface area contributed by atoms with E-state index < -0.39 is 0 Å². The van der Waals surface area contributed by atoms with E-state index in [0.717, 1.165) is 18.4 Å². The van der Waals surface area contributed by atoms with Crippen LogP contribution in [-0.4, -0.2) is 6.54 Å². The Morgan fingerprint density at radius 1 is 1.14 bits per heavy atom. The number of thiophene rings is 1. The number of rotatable bonds is 4. The monoisotopic (exact) mass is 305 g/mol. The Bertz CT molecular complexity index is 439. The highest BCUT2D eigenvalue weighted by molar-refractivity contribution is 7.12. The van der Waals surface area contributed by atoms with Crippen molar-refractivity contribution in [3.05, 3.63) is 21.4 Å². The third-order valence-corrected chi connectivity index (χ3v) is 6.84. The molecule has 21 heavy (non-hydrogen) atoms. The summed E-state index contributed by atoms with van der Waals surface area (Å²) in [7, 11) is 0. The van der Waals surface area contributed by atoms with Crippen molar-refractivity contribution in [1.82, 2.24) is 5.32 Å². The van der Waals surface area contributed by atoms with Crippen LogP contribution in [0.3, 0.4) is 0 Å². The maximum Gasteiger partial charge on any atom is 0.0300 e. The molecule has 0 spiro atoms. The van der Waals surface area contributed by atoms with Gasteiger partial charge in [0.15, 0.2) is 0 Å². The summed E-state index contributed by atoms with van der Waals surface area (Å²) in [6.45, 7) is 9.54. The van der Waals surface area contributed by atoms with Gasteiger partial charge in [-0.2, -0.15) is 0 Å². The topological polar surface area (TPSA) is 12.0 Å². The molecule has 0 aromatic carbocycles. The zero-order valence-corrected chi connectivity index (χ0v) is 14.8. The average molecular weight is 306 g/mol. The highest BCUT2D eigenvalue weighted by atomic mass is 32.1. The van der Waals surface area contributed by atoms with E-state index in [1.165, 1.54) is 51.5 Å². The predicted molar refractivity (Wildman–Crippen MR) is 93.0 cm³/mol. The molecule has 3 rings (SSSR count). The Morgan fingerprint density at radius 3 is 2.57 bits per heavy atom.